The monoisotopic (exact) mass is 364 g/mol. The van der Waals surface area contributed by atoms with Crippen LogP contribution in [0.2, 0.25) is 0 Å². The number of hydrogen-bond donors (Lipinski definition) is 0. The van der Waals surface area contributed by atoms with Crippen LogP contribution in [0.25, 0.3) is 11.6 Å². The van der Waals surface area contributed by atoms with Gasteiger partial charge >= 0.3 is 0 Å². The van der Waals surface area contributed by atoms with Crippen LogP contribution in [-0.2, 0) is 6.42 Å². The fraction of sp³-hybridized carbons (Fsp3) is 0.368. The number of pyridine rings is 1. The van der Waals surface area contributed by atoms with Gasteiger partial charge in [0.15, 0.2) is 5.82 Å². The molecule has 4 rings (SSSR count). The molecule has 0 aromatic carbocycles. The summed E-state index contributed by atoms with van der Waals surface area (Å²) in [7, 11) is 0. The Hall–Kier alpha value is -3.16. The Bertz CT molecular complexity index is 883. The van der Waals surface area contributed by atoms with Crippen molar-refractivity contribution in [2.24, 2.45) is 5.92 Å². The summed E-state index contributed by atoms with van der Waals surface area (Å²) < 4.78 is 5.30. The van der Waals surface area contributed by atoms with Gasteiger partial charge in [-0.15, -0.1) is 0 Å². The lowest BCUT2D eigenvalue weighted by Crippen LogP contribution is -2.40. The molecule has 8 nitrogen and oxygen atoms in total. The number of amides is 1. The van der Waals surface area contributed by atoms with Crippen LogP contribution in [0.4, 0.5) is 0 Å². The van der Waals surface area contributed by atoms with Gasteiger partial charge in [0.1, 0.15) is 11.4 Å². The summed E-state index contributed by atoms with van der Waals surface area (Å²) in [5.74, 6) is 1.47. The van der Waals surface area contributed by atoms with Crippen LogP contribution in [0.5, 0.6) is 0 Å². The number of rotatable bonds is 5. The Morgan fingerprint density at radius 1 is 1.22 bits per heavy atom. The zero-order valence-corrected chi connectivity index (χ0v) is 14.9. The Kier molecular flexibility index (Phi) is 5.13. The minimum atomic E-state index is -0.0511. The highest BCUT2D eigenvalue weighted by molar-refractivity contribution is 5.92. The lowest BCUT2D eigenvalue weighted by atomic mass is 9.93. The van der Waals surface area contributed by atoms with Gasteiger partial charge in [0, 0.05) is 38.1 Å². The van der Waals surface area contributed by atoms with E-state index in [9.17, 15) is 4.79 Å². The van der Waals surface area contributed by atoms with Gasteiger partial charge in [-0.05, 0) is 37.3 Å². The number of aromatic nitrogens is 5. The van der Waals surface area contributed by atoms with E-state index in [-0.39, 0.29) is 5.91 Å². The molecule has 27 heavy (non-hydrogen) atoms. The quantitative estimate of drug-likeness (QED) is 0.685. The zero-order valence-electron chi connectivity index (χ0n) is 14.9. The molecule has 0 aliphatic carbocycles. The van der Waals surface area contributed by atoms with Gasteiger partial charge in [0.2, 0.25) is 0 Å². The third-order valence-electron chi connectivity index (χ3n) is 4.72. The van der Waals surface area contributed by atoms with Crippen LogP contribution in [0.1, 0.15) is 35.6 Å². The highest BCUT2D eigenvalue weighted by Crippen LogP contribution is 2.23. The molecule has 1 aliphatic heterocycles. The van der Waals surface area contributed by atoms with Gasteiger partial charge in [-0.25, -0.2) is 4.98 Å². The summed E-state index contributed by atoms with van der Waals surface area (Å²) in [6, 6.07) is 5.57. The molecular weight excluding hydrogens is 344 g/mol. The molecule has 1 unspecified atom stereocenters. The van der Waals surface area contributed by atoms with Crippen molar-refractivity contribution in [3.63, 3.8) is 0 Å². The maximum absolute atomic E-state index is 12.6. The number of likely N-dealkylation sites (tertiary alicyclic amines) is 1. The van der Waals surface area contributed by atoms with Gasteiger partial charge in [0.25, 0.3) is 11.8 Å². The third-order valence-corrected chi connectivity index (χ3v) is 4.72. The minimum absolute atomic E-state index is 0.0511. The SMILES string of the molecule is O=C(c1cnccn1)N1CCCC(CCc2noc(-c3ccccn3)n2)C1. The zero-order chi connectivity index (χ0) is 18.5. The smallest absolute Gasteiger partial charge is 0.276 e. The normalized spacial score (nSPS) is 17.0. The van der Waals surface area contributed by atoms with Crippen molar-refractivity contribution >= 4 is 5.91 Å². The second kappa shape index (κ2) is 8.03. The van der Waals surface area contributed by atoms with Crippen molar-refractivity contribution in [2.75, 3.05) is 13.1 Å². The van der Waals surface area contributed by atoms with Gasteiger partial charge in [0.05, 0.1) is 6.20 Å². The predicted octanol–water partition coefficient (Wildman–Crippen LogP) is 2.41. The molecule has 0 spiro atoms. The van der Waals surface area contributed by atoms with E-state index in [0.717, 1.165) is 32.4 Å². The fourth-order valence-corrected chi connectivity index (χ4v) is 3.34. The number of hydrogen-bond acceptors (Lipinski definition) is 7. The van der Waals surface area contributed by atoms with Crippen LogP contribution >= 0.6 is 0 Å². The lowest BCUT2D eigenvalue weighted by molar-refractivity contribution is 0.0661. The first-order valence-electron chi connectivity index (χ1n) is 9.09. The van der Waals surface area contributed by atoms with E-state index in [1.807, 2.05) is 23.1 Å². The first-order valence-corrected chi connectivity index (χ1v) is 9.09. The van der Waals surface area contributed by atoms with Crippen molar-refractivity contribution in [1.29, 1.82) is 0 Å². The van der Waals surface area contributed by atoms with Crippen LogP contribution in [0.3, 0.4) is 0 Å². The predicted molar refractivity (Wildman–Crippen MR) is 96.5 cm³/mol. The average molecular weight is 364 g/mol. The molecule has 3 aromatic heterocycles. The highest BCUT2D eigenvalue weighted by atomic mass is 16.5. The topological polar surface area (TPSA) is 97.9 Å². The first-order chi connectivity index (χ1) is 13.3. The molecule has 3 aromatic rings. The number of nitrogens with zero attached hydrogens (tertiary/aromatic N) is 6. The van der Waals surface area contributed by atoms with Gasteiger partial charge in [-0.1, -0.05) is 11.2 Å². The number of carbonyl (C=O) groups is 1. The Morgan fingerprint density at radius 2 is 2.19 bits per heavy atom. The van der Waals surface area contributed by atoms with Crippen LogP contribution in [-0.4, -0.2) is 49.0 Å². The Labute approximate surface area is 156 Å². The van der Waals surface area contributed by atoms with Gasteiger partial charge < -0.3 is 9.42 Å². The molecule has 8 heteroatoms. The molecule has 1 aliphatic rings. The van der Waals surface area contributed by atoms with E-state index >= 15 is 0 Å². The van der Waals surface area contributed by atoms with Crippen molar-refractivity contribution in [3.05, 3.63) is 54.5 Å². The van der Waals surface area contributed by atoms with Crippen LogP contribution in [0.15, 0.2) is 47.5 Å². The van der Waals surface area contributed by atoms with E-state index in [1.54, 1.807) is 18.6 Å². The fourth-order valence-electron chi connectivity index (χ4n) is 3.34. The molecule has 138 valence electrons. The molecule has 0 radical (unpaired) electrons. The Balaban J connectivity index is 1.34. The maximum Gasteiger partial charge on any atom is 0.276 e. The van der Waals surface area contributed by atoms with E-state index in [4.69, 9.17) is 4.52 Å². The number of piperidine rings is 1. The van der Waals surface area contributed by atoms with Crippen molar-refractivity contribution in [1.82, 2.24) is 30.0 Å². The summed E-state index contributed by atoms with van der Waals surface area (Å²) in [6.07, 6.45) is 10.0. The largest absolute Gasteiger partial charge is 0.337 e. The van der Waals surface area contributed by atoms with Crippen molar-refractivity contribution in [3.8, 4) is 11.6 Å². The summed E-state index contributed by atoms with van der Waals surface area (Å²) >= 11 is 0. The van der Waals surface area contributed by atoms with Gasteiger partial charge in [-0.2, -0.15) is 4.98 Å². The summed E-state index contributed by atoms with van der Waals surface area (Å²) in [5, 5.41) is 4.05. The molecule has 1 fully saturated rings. The highest BCUT2D eigenvalue weighted by Gasteiger charge is 2.25. The summed E-state index contributed by atoms with van der Waals surface area (Å²) in [4.78, 5) is 31.2. The number of carbonyl (C=O) groups excluding carboxylic acids is 1. The molecule has 4 heterocycles. The molecule has 1 saturated heterocycles. The molecule has 1 atom stereocenters. The van der Waals surface area contributed by atoms with Crippen LogP contribution in [0, 0.1) is 5.92 Å². The molecule has 0 saturated carbocycles. The summed E-state index contributed by atoms with van der Waals surface area (Å²) in [6.45, 7) is 1.48. The number of aryl methyl sites for hydroxylation is 1. The van der Waals surface area contributed by atoms with Gasteiger partial charge in [-0.3, -0.25) is 14.8 Å². The van der Waals surface area contributed by atoms with Crippen molar-refractivity contribution < 1.29 is 9.32 Å². The van der Waals surface area contributed by atoms with E-state index < -0.39 is 0 Å². The minimum Gasteiger partial charge on any atom is -0.337 e. The van der Waals surface area contributed by atoms with E-state index in [0.29, 0.717) is 35.4 Å². The lowest BCUT2D eigenvalue weighted by Gasteiger charge is -2.32. The second-order valence-electron chi connectivity index (χ2n) is 6.62. The van der Waals surface area contributed by atoms with E-state index in [2.05, 4.69) is 25.1 Å². The standard InChI is InChI=1S/C19H20N6O2/c26-19(16-12-20-9-10-22-16)25-11-3-4-14(13-25)6-7-17-23-18(27-24-17)15-5-1-2-8-21-15/h1-2,5,8-10,12,14H,3-4,6-7,11,13H2. The molecule has 0 N–H and O–H groups in total. The van der Waals surface area contributed by atoms with Crippen LogP contribution < -0.4 is 0 Å². The average Bonchev–Trinajstić information content (AvgIpc) is 3.22. The van der Waals surface area contributed by atoms with E-state index in [1.165, 1.54) is 6.20 Å². The second-order valence-corrected chi connectivity index (χ2v) is 6.62. The molecule has 0 bridgehead atoms. The third kappa shape index (κ3) is 4.16. The Morgan fingerprint density at radius 3 is 3.00 bits per heavy atom. The van der Waals surface area contributed by atoms with Crippen molar-refractivity contribution in [2.45, 2.75) is 25.7 Å². The molecular formula is C19H20N6O2. The summed E-state index contributed by atoms with van der Waals surface area (Å²) in [5.41, 5.74) is 1.07. The first kappa shape index (κ1) is 17.3. The maximum atomic E-state index is 12.6. The molecule has 1 amide bonds.